The highest BCUT2D eigenvalue weighted by Crippen LogP contribution is 2.28. The van der Waals surface area contributed by atoms with Crippen molar-refractivity contribution in [2.24, 2.45) is 0 Å². The fourth-order valence-electron chi connectivity index (χ4n) is 2.67. The molecule has 0 aliphatic heterocycles. The van der Waals surface area contributed by atoms with E-state index in [1.54, 1.807) is 13.1 Å². The average molecular weight is 328 g/mol. The summed E-state index contributed by atoms with van der Waals surface area (Å²) in [6.45, 7) is 3.30. The van der Waals surface area contributed by atoms with Crippen molar-refractivity contribution < 1.29 is 0 Å². The number of nitrogens with zero attached hydrogens (tertiary/aromatic N) is 2. The lowest BCUT2D eigenvalue weighted by Gasteiger charge is -2.12. The number of fused-ring (bicyclic) bond motifs is 1. The molecule has 0 aliphatic carbocycles. The van der Waals surface area contributed by atoms with Gasteiger partial charge in [-0.3, -0.25) is 9.78 Å². The Labute approximate surface area is 137 Å². The van der Waals surface area contributed by atoms with Crippen LogP contribution in [-0.4, -0.2) is 52.0 Å². The van der Waals surface area contributed by atoms with E-state index in [2.05, 4.69) is 30.2 Å². The smallest absolute Gasteiger partial charge is 0.325 e. The molecule has 3 aromatic rings. The van der Waals surface area contributed by atoms with Crippen LogP contribution in [0.25, 0.3) is 22.2 Å². The van der Waals surface area contributed by atoms with Gasteiger partial charge in [-0.2, -0.15) is 0 Å². The van der Waals surface area contributed by atoms with E-state index in [-0.39, 0.29) is 0 Å². The molecular formula is C16H20N6O2. The average Bonchev–Trinajstić information content (AvgIpc) is 2.94. The molecule has 0 spiro atoms. The fraction of sp³-hybridized carbons (Fsp3) is 0.312. The van der Waals surface area contributed by atoms with Gasteiger partial charge in [-0.25, -0.2) is 9.78 Å². The Kier molecular flexibility index (Phi) is 4.22. The molecular weight excluding hydrogens is 308 g/mol. The van der Waals surface area contributed by atoms with E-state index in [0.29, 0.717) is 22.7 Å². The number of likely N-dealkylation sites (N-methyl/N-ethyl adjacent to an activating group) is 1. The maximum absolute atomic E-state index is 12.3. The van der Waals surface area contributed by atoms with Crippen molar-refractivity contribution >= 4 is 16.9 Å². The third-order valence-corrected chi connectivity index (χ3v) is 3.79. The van der Waals surface area contributed by atoms with Gasteiger partial charge in [-0.05, 0) is 33.2 Å². The third kappa shape index (κ3) is 3.09. The van der Waals surface area contributed by atoms with Gasteiger partial charge in [0.25, 0.3) is 5.56 Å². The van der Waals surface area contributed by atoms with Crippen molar-refractivity contribution in [1.82, 2.24) is 24.8 Å². The molecule has 0 saturated carbocycles. The Balaban J connectivity index is 2.12. The molecule has 0 bridgehead atoms. The van der Waals surface area contributed by atoms with Crippen molar-refractivity contribution in [3.05, 3.63) is 44.9 Å². The molecule has 4 N–H and O–H groups in total. The van der Waals surface area contributed by atoms with Gasteiger partial charge in [0.2, 0.25) is 0 Å². The molecule has 0 saturated heterocycles. The molecule has 3 rings (SSSR count). The van der Waals surface area contributed by atoms with Crippen molar-refractivity contribution in [3.63, 3.8) is 0 Å². The molecule has 0 unspecified atom stereocenters. The summed E-state index contributed by atoms with van der Waals surface area (Å²) in [5.74, 6) is 0.673. The number of nitrogens with one attached hydrogen (secondary N) is 4. The van der Waals surface area contributed by atoms with Gasteiger partial charge < -0.3 is 20.2 Å². The molecule has 3 heterocycles. The SMILES string of the molecule is Cc1[nH]c(=O)[nH]c(=O)c1-c1cc(NCCN(C)C)nc2[nH]ccc12. The normalized spacial score (nSPS) is 11.3. The van der Waals surface area contributed by atoms with E-state index in [1.807, 2.05) is 26.2 Å². The lowest BCUT2D eigenvalue weighted by atomic mass is 10.0. The van der Waals surface area contributed by atoms with Crippen molar-refractivity contribution in [2.75, 3.05) is 32.5 Å². The van der Waals surface area contributed by atoms with E-state index >= 15 is 0 Å². The van der Waals surface area contributed by atoms with Crippen LogP contribution in [0.5, 0.6) is 0 Å². The molecule has 0 atom stereocenters. The van der Waals surface area contributed by atoms with E-state index < -0.39 is 11.2 Å². The molecule has 8 heteroatoms. The third-order valence-electron chi connectivity index (χ3n) is 3.79. The number of H-pyrrole nitrogens is 3. The maximum Gasteiger partial charge on any atom is 0.325 e. The summed E-state index contributed by atoms with van der Waals surface area (Å²) in [5, 5.41) is 4.09. The number of hydrogen-bond donors (Lipinski definition) is 4. The zero-order valence-electron chi connectivity index (χ0n) is 13.9. The summed E-state index contributed by atoms with van der Waals surface area (Å²) in [7, 11) is 4.00. The van der Waals surface area contributed by atoms with E-state index in [9.17, 15) is 9.59 Å². The molecule has 0 aliphatic rings. The molecule has 3 aromatic heterocycles. The highest BCUT2D eigenvalue weighted by Gasteiger charge is 2.15. The van der Waals surface area contributed by atoms with Crippen molar-refractivity contribution in [1.29, 1.82) is 0 Å². The minimum atomic E-state index is -0.509. The van der Waals surface area contributed by atoms with Gasteiger partial charge in [0.05, 0.1) is 5.56 Å². The topological polar surface area (TPSA) is 110 Å². The van der Waals surface area contributed by atoms with Crippen LogP contribution in [0, 0.1) is 6.92 Å². The number of anilines is 1. The Morgan fingerprint density at radius 2 is 2.04 bits per heavy atom. The van der Waals surface area contributed by atoms with E-state index in [1.165, 1.54) is 0 Å². The first-order chi connectivity index (χ1) is 11.5. The quantitative estimate of drug-likeness (QED) is 0.556. The summed E-state index contributed by atoms with van der Waals surface area (Å²) < 4.78 is 0. The summed E-state index contributed by atoms with van der Waals surface area (Å²) >= 11 is 0. The zero-order valence-corrected chi connectivity index (χ0v) is 13.9. The van der Waals surface area contributed by atoms with E-state index in [4.69, 9.17) is 0 Å². The number of aromatic nitrogens is 4. The number of rotatable bonds is 5. The largest absolute Gasteiger partial charge is 0.369 e. The second kappa shape index (κ2) is 6.32. The minimum absolute atomic E-state index is 0.413. The zero-order chi connectivity index (χ0) is 17.3. The highest BCUT2D eigenvalue weighted by atomic mass is 16.2. The number of hydrogen-bond acceptors (Lipinski definition) is 5. The van der Waals surface area contributed by atoms with Crippen LogP contribution in [-0.2, 0) is 0 Å². The minimum Gasteiger partial charge on any atom is -0.369 e. The van der Waals surface area contributed by atoms with Gasteiger partial charge in [0.1, 0.15) is 11.5 Å². The monoisotopic (exact) mass is 328 g/mol. The van der Waals surface area contributed by atoms with Gasteiger partial charge in [0, 0.05) is 35.9 Å². The molecule has 126 valence electrons. The van der Waals surface area contributed by atoms with Crippen LogP contribution in [0.1, 0.15) is 5.69 Å². The Morgan fingerprint density at radius 3 is 2.75 bits per heavy atom. The van der Waals surface area contributed by atoms with Crippen LogP contribution in [0.15, 0.2) is 27.9 Å². The van der Waals surface area contributed by atoms with Crippen molar-refractivity contribution in [3.8, 4) is 11.1 Å². The van der Waals surface area contributed by atoms with Gasteiger partial charge >= 0.3 is 5.69 Å². The summed E-state index contributed by atoms with van der Waals surface area (Å²) in [6, 6.07) is 3.70. The lowest BCUT2D eigenvalue weighted by molar-refractivity contribution is 0.425. The van der Waals surface area contributed by atoms with Crippen LogP contribution >= 0.6 is 0 Å². The Hall–Kier alpha value is -2.87. The predicted octanol–water partition coefficient (Wildman–Crippen LogP) is 0.888. The molecule has 0 fully saturated rings. The summed E-state index contributed by atoms with van der Waals surface area (Å²) in [6.07, 6.45) is 1.78. The Morgan fingerprint density at radius 1 is 1.25 bits per heavy atom. The second-order valence-electron chi connectivity index (χ2n) is 5.93. The first kappa shape index (κ1) is 16.0. The summed E-state index contributed by atoms with van der Waals surface area (Å²) in [5.41, 5.74) is 1.46. The predicted molar refractivity (Wildman–Crippen MR) is 94.6 cm³/mol. The molecule has 24 heavy (non-hydrogen) atoms. The number of aromatic amines is 3. The van der Waals surface area contributed by atoms with Crippen LogP contribution in [0.4, 0.5) is 5.82 Å². The summed E-state index contributed by atoms with van der Waals surface area (Å²) in [4.78, 5) is 38.3. The molecule has 0 radical (unpaired) electrons. The Bertz CT molecular complexity index is 982. The molecule has 0 amide bonds. The molecule has 0 aromatic carbocycles. The van der Waals surface area contributed by atoms with Gasteiger partial charge in [0.15, 0.2) is 0 Å². The fourth-order valence-corrected chi connectivity index (χ4v) is 2.67. The van der Waals surface area contributed by atoms with Crippen LogP contribution in [0.3, 0.4) is 0 Å². The number of pyridine rings is 1. The van der Waals surface area contributed by atoms with Crippen LogP contribution in [0.2, 0.25) is 0 Å². The standard InChI is InChI=1S/C16H20N6O2/c1-9-13(15(23)21-16(24)19-9)11-8-12(17-6-7-22(2)3)20-14-10(11)4-5-18-14/h4-5,8H,6-7H2,1-3H3,(H2,17,18,20)(H2,19,21,23,24). The van der Waals surface area contributed by atoms with Gasteiger partial charge in [-0.15, -0.1) is 0 Å². The first-order valence-corrected chi connectivity index (χ1v) is 7.66. The maximum atomic E-state index is 12.3. The number of aryl methyl sites for hydroxylation is 1. The first-order valence-electron chi connectivity index (χ1n) is 7.66. The van der Waals surface area contributed by atoms with Gasteiger partial charge in [-0.1, -0.05) is 0 Å². The highest BCUT2D eigenvalue weighted by molar-refractivity contribution is 5.95. The molecule has 8 nitrogen and oxygen atoms in total. The van der Waals surface area contributed by atoms with E-state index in [0.717, 1.165) is 24.0 Å². The van der Waals surface area contributed by atoms with Crippen molar-refractivity contribution in [2.45, 2.75) is 6.92 Å². The van der Waals surface area contributed by atoms with Crippen LogP contribution < -0.4 is 16.6 Å². The second-order valence-corrected chi connectivity index (χ2v) is 5.93. The lowest BCUT2D eigenvalue weighted by Crippen LogP contribution is -2.25.